The fourth-order valence-electron chi connectivity index (χ4n) is 2.81. The van der Waals surface area contributed by atoms with Gasteiger partial charge in [-0.1, -0.05) is 0 Å². The van der Waals surface area contributed by atoms with Crippen LogP contribution in [0.4, 0.5) is 5.82 Å². The van der Waals surface area contributed by atoms with E-state index in [9.17, 15) is 9.59 Å². The number of hydrogen-bond donors (Lipinski definition) is 2. The largest absolute Gasteiger partial charge is 0.493 e. The smallest absolute Gasteiger partial charge is 0.257 e. The monoisotopic (exact) mass is 399 g/mol. The van der Waals surface area contributed by atoms with Crippen molar-refractivity contribution in [3.63, 3.8) is 0 Å². The number of anilines is 1. The molecule has 0 atom stereocenters. The van der Waals surface area contributed by atoms with Crippen LogP contribution in [0.2, 0.25) is 0 Å². The molecule has 10 heteroatoms. The van der Waals surface area contributed by atoms with Crippen molar-refractivity contribution in [3.8, 4) is 23.2 Å². The maximum Gasteiger partial charge on any atom is 0.257 e. The molecule has 0 bridgehead atoms. The van der Waals surface area contributed by atoms with Gasteiger partial charge in [0.25, 0.3) is 11.5 Å². The summed E-state index contributed by atoms with van der Waals surface area (Å²) in [5, 5.41) is 7.08. The second kappa shape index (κ2) is 8.05. The molecule has 0 aliphatic rings. The van der Waals surface area contributed by atoms with E-state index in [-0.39, 0.29) is 17.1 Å². The number of nitrogens with one attached hydrogen (secondary N) is 2. The number of hydrogen-bond acceptors (Lipinski definition) is 7. The second-order valence-electron chi connectivity index (χ2n) is 6.16. The molecule has 0 aliphatic carbocycles. The number of carbonyl (C=O) groups excluding carboxylic acids is 1. The van der Waals surface area contributed by atoms with E-state index >= 15 is 0 Å². The summed E-state index contributed by atoms with van der Waals surface area (Å²) in [5.74, 6) is 1.20. The minimum absolute atomic E-state index is 0.197. The highest BCUT2D eigenvalue weighted by Crippen LogP contribution is 2.38. The van der Waals surface area contributed by atoms with Gasteiger partial charge in [0, 0.05) is 23.4 Å². The van der Waals surface area contributed by atoms with E-state index in [1.165, 1.54) is 44.2 Å². The van der Waals surface area contributed by atoms with E-state index in [4.69, 9.17) is 14.2 Å². The lowest BCUT2D eigenvalue weighted by atomic mass is 10.1. The van der Waals surface area contributed by atoms with Crippen molar-refractivity contribution in [1.82, 2.24) is 19.7 Å². The van der Waals surface area contributed by atoms with Gasteiger partial charge in [-0.2, -0.15) is 9.78 Å². The Bertz CT molecular complexity index is 1090. The molecular formula is C19H21N5O5. The molecule has 1 aromatic carbocycles. The first kappa shape index (κ1) is 19.9. The quantitative estimate of drug-likeness (QED) is 0.649. The third-order valence-corrected chi connectivity index (χ3v) is 4.06. The van der Waals surface area contributed by atoms with Crippen molar-refractivity contribution in [2.24, 2.45) is 0 Å². The Morgan fingerprint density at radius 3 is 2.21 bits per heavy atom. The minimum Gasteiger partial charge on any atom is -0.493 e. The highest BCUT2D eigenvalue weighted by molar-refractivity contribution is 6.04. The molecule has 0 fully saturated rings. The van der Waals surface area contributed by atoms with Crippen molar-refractivity contribution in [1.29, 1.82) is 0 Å². The molecule has 0 aliphatic heterocycles. The third-order valence-electron chi connectivity index (χ3n) is 4.06. The molecule has 10 nitrogen and oxygen atoms in total. The number of aromatic nitrogens is 4. The molecule has 3 rings (SSSR count). The molecule has 2 aromatic heterocycles. The van der Waals surface area contributed by atoms with Crippen LogP contribution in [-0.4, -0.2) is 47.0 Å². The Morgan fingerprint density at radius 1 is 1.00 bits per heavy atom. The number of benzene rings is 1. The van der Waals surface area contributed by atoms with Crippen molar-refractivity contribution in [2.45, 2.75) is 13.8 Å². The lowest BCUT2D eigenvalue weighted by molar-refractivity contribution is 0.102. The van der Waals surface area contributed by atoms with Crippen LogP contribution in [0.3, 0.4) is 0 Å². The van der Waals surface area contributed by atoms with E-state index < -0.39 is 5.91 Å². The van der Waals surface area contributed by atoms with Crippen LogP contribution < -0.4 is 25.1 Å². The second-order valence-corrected chi connectivity index (χ2v) is 6.16. The highest BCUT2D eigenvalue weighted by atomic mass is 16.5. The van der Waals surface area contributed by atoms with Gasteiger partial charge >= 0.3 is 0 Å². The molecule has 0 saturated heterocycles. The summed E-state index contributed by atoms with van der Waals surface area (Å²) >= 11 is 0. The number of nitrogens with zero attached hydrogens (tertiary/aromatic N) is 3. The standard InChI is InChI=1S/C19H21N5O5/c1-10-7-16(25)22-19(20-10)24-15(6-11(2)23-24)21-18(26)12-8-13(27-3)17(29-5)14(9-12)28-4/h6-9H,1-5H3,(H,21,26)(H,20,22,25). The van der Waals surface area contributed by atoms with Gasteiger partial charge in [-0.15, -0.1) is 0 Å². The van der Waals surface area contributed by atoms with Crippen LogP contribution in [0.1, 0.15) is 21.7 Å². The highest BCUT2D eigenvalue weighted by Gasteiger charge is 2.19. The topological polar surface area (TPSA) is 120 Å². The molecular weight excluding hydrogens is 378 g/mol. The molecule has 3 aromatic rings. The summed E-state index contributed by atoms with van der Waals surface area (Å²) in [6, 6.07) is 6.11. The molecule has 0 saturated carbocycles. The van der Waals surface area contributed by atoms with Crippen LogP contribution >= 0.6 is 0 Å². The summed E-state index contributed by atoms with van der Waals surface area (Å²) in [6.07, 6.45) is 0. The van der Waals surface area contributed by atoms with E-state index in [0.29, 0.717) is 34.5 Å². The number of ether oxygens (including phenoxy) is 3. The molecule has 0 radical (unpaired) electrons. The van der Waals surface area contributed by atoms with Gasteiger partial charge in [-0.3, -0.25) is 14.6 Å². The maximum absolute atomic E-state index is 12.9. The number of aryl methyl sites for hydroxylation is 2. The summed E-state index contributed by atoms with van der Waals surface area (Å²) in [7, 11) is 4.42. The normalized spacial score (nSPS) is 10.5. The predicted molar refractivity (Wildman–Crippen MR) is 106 cm³/mol. The van der Waals surface area contributed by atoms with Crippen molar-refractivity contribution in [3.05, 3.63) is 51.6 Å². The zero-order valence-electron chi connectivity index (χ0n) is 16.7. The average Bonchev–Trinajstić information content (AvgIpc) is 3.05. The first-order chi connectivity index (χ1) is 13.9. The first-order valence-electron chi connectivity index (χ1n) is 8.62. The number of amides is 1. The van der Waals surface area contributed by atoms with Crippen molar-refractivity contribution >= 4 is 11.7 Å². The maximum atomic E-state index is 12.9. The van der Waals surface area contributed by atoms with Crippen LogP contribution in [0.5, 0.6) is 17.2 Å². The number of methoxy groups -OCH3 is 3. The molecule has 2 N–H and O–H groups in total. The molecule has 29 heavy (non-hydrogen) atoms. The van der Waals surface area contributed by atoms with Gasteiger partial charge in [0.15, 0.2) is 11.5 Å². The SMILES string of the molecule is COc1cc(C(=O)Nc2cc(C)nn2-c2nc(C)cc(=O)[nH]2)cc(OC)c1OC. The fourth-order valence-corrected chi connectivity index (χ4v) is 2.81. The van der Waals surface area contributed by atoms with Crippen LogP contribution in [-0.2, 0) is 0 Å². The van der Waals surface area contributed by atoms with E-state index in [1.54, 1.807) is 19.9 Å². The summed E-state index contributed by atoms with van der Waals surface area (Å²) in [5.41, 5.74) is 1.13. The van der Waals surface area contributed by atoms with Crippen molar-refractivity contribution < 1.29 is 19.0 Å². The zero-order valence-corrected chi connectivity index (χ0v) is 16.7. The van der Waals surface area contributed by atoms with E-state index in [2.05, 4.69) is 20.4 Å². The Morgan fingerprint density at radius 2 is 1.66 bits per heavy atom. The first-order valence-corrected chi connectivity index (χ1v) is 8.62. The van der Waals surface area contributed by atoms with Gasteiger partial charge in [0.2, 0.25) is 11.7 Å². The van der Waals surface area contributed by atoms with Crippen molar-refractivity contribution in [2.75, 3.05) is 26.6 Å². The molecule has 152 valence electrons. The Labute approximate surface area is 166 Å². The predicted octanol–water partition coefficient (Wildman–Crippen LogP) is 1.85. The molecule has 0 unspecified atom stereocenters. The van der Waals surface area contributed by atoms with Gasteiger partial charge < -0.3 is 19.5 Å². The minimum atomic E-state index is -0.430. The number of carbonyl (C=O) groups is 1. The molecule has 0 spiro atoms. The summed E-state index contributed by atoms with van der Waals surface area (Å²) in [6.45, 7) is 3.46. The molecule has 2 heterocycles. The average molecular weight is 399 g/mol. The third kappa shape index (κ3) is 4.05. The van der Waals surface area contributed by atoms with Crippen LogP contribution in [0, 0.1) is 13.8 Å². The van der Waals surface area contributed by atoms with Gasteiger partial charge in [-0.25, -0.2) is 4.98 Å². The van der Waals surface area contributed by atoms with Crippen LogP contribution in [0.15, 0.2) is 29.1 Å². The lowest BCUT2D eigenvalue weighted by Crippen LogP contribution is -2.19. The number of H-pyrrole nitrogens is 1. The Balaban J connectivity index is 1.99. The number of aromatic amines is 1. The Hall–Kier alpha value is -3.82. The summed E-state index contributed by atoms with van der Waals surface area (Å²) < 4.78 is 17.2. The summed E-state index contributed by atoms with van der Waals surface area (Å²) in [4.78, 5) is 31.5. The lowest BCUT2D eigenvalue weighted by Gasteiger charge is -2.14. The van der Waals surface area contributed by atoms with Gasteiger partial charge in [0.05, 0.1) is 27.0 Å². The molecule has 1 amide bonds. The van der Waals surface area contributed by atoms with Crippen LogP contribution in [0.25, 0.3) is 5.95 Å². The van der Waals surface area contributed by atoms with Gasteiger partial charge in [0.1, 0.15) is 5.82 Å². The fraction of sp³-hybridized carbons (Fsp3) is 0.263. The zero-order chi connectivity index (χ0) is 21.1. The van der Waals surface area contributed by atoms with E-state index in [0.717, 1.165) is 0 Å². The number of rotatable bonds is 6. The van der Waals surface area contributed by atoms with Gasteiger partial charge in [-0.05, 0) is 26.0 Å². The Kier molecular flexibility index (Phi) is 5.53. The van der Waals surface area contributed by atoms with E-state index in [1.807, 2.05) is 0 Å².